The summed E-state index contributed by atoms with van der Waals surface area (Å²) in [6.45, 7) is 4.05. The van der Waals surface area contributed by atoms with Crippen molar-refractivity contribution in [3.05, 3.63) is 52.7 Å². The molecule has 2 aromatic heterocycles. The summed E-state index contributed by atoms with van der Waals surface area (Å²) in [5, 5.41) is 12.0. The Kier molecular flexibility index (Phi) is 6.02. The Hall–Kier alpha value is -2.25. The molecule has 3 aromatic rings. The van der Waals surface area contributed by atoms with Gasteiger partial charge in [-0.15, -0.1) is 0 Å². The molecule has 146 valence electrons. The lowest BCUT2D eigenvalue weighted by Gasteiger charge is -2.28. The van der Waals surface area contributed by atoms with Crippen molar-refractivity contribution in [2.24, 2.45) is 0 Å². The molecule has 0 radical (unpaired) electrons. The Bertz CT molecular complexity index is 938. The van der Waals surface area contributed by atoms with Crippen LogP contribution in [-0.2, 0) is 5.75 Å². The second-order valence-electron chi connectivity index (χ2n) is 6.92. The van der Waals surface area contributed by atoms with Crippen LogP contribution in [0.5, 0.6) is 0 Å². The zero-order valence-electron chi connectivity index (χ0n) is 15.8. The first kappa shape index (κ1) is 19.1. The molecular formula is C20H23ClN6S. The van der Waals surface area contributed by atoms with Crippen molar-refractivity contribution in [2.75, 3.05) is 23.3 Å². The number of rotatable bonds is 6. The van der Waals surface area contributed by atoms with E-state index in [9.17, 15) is 0 Å². The highest BCUT2D eigenvalue weighted by molar-refractivity contribution is 7.98. The largest absolute Gasteiger partial charge is 0.356 e. The third-order valence-electron chi connectivity index (χ3n) is 4.59. The van der Waals surface area contributed by atoms with E-state index in [-0.39, 0.29) is 0 Å². The molecule has 0 atom stereocenters. The fourth-order valence-electron chi connectivity index (χ4n) is 3.21. The van der Waals surface area contributed by atoms with Crippen LogP contribution in [-0.4, -0.2) is 33.3 Å². The fourth-order valence-corrected chi connectivity index (χ4v) is 4.22. The number of aryl methyl sites for hydroxylation is 1. The topological polar surface area (TPSA) is 69.7 Å². The summed E-state index contributed by atoms with van der Waals surface area (Å²) in [5.74, 6) is 3.26. The zero-order chi connectivity index (χ0) is 19.3. The molecule has 1 fully saturated rings. The summed E-state index contributed by atoms with van der Waals surface area (Å²) in [4.78, 5) is 11.9. The lowest BCUT2D eigenvalue weighted by molar-refractivity contribution is 0.571. The minimum absolute atomic E-state index is 0.748. The molecule has 28 heavy (non-hydrogen) atoms. The third kappa shape index (κ3) is 4.97. The Labute approximate surface area is 174 Å². The predicted molar refractivity (Wildman–Crippen MR) is 116 cm³/mol. The van der Waals surface area contributed by atoms with Gasteiger partial charge in [0.15, 0.2) is 11.0 Å². The minimum Gasteiger partial charge on any atom is -0.356 e. The van der Waals surface area contributed by atoms with E-state index in [2.05, 4.69) is 26.5 Å². The quantitative estimate of drug-likeness (QED) is 0.427. The molecule has 0 aliphatic carbocycles. The Morgan fingerprint density at radius 1 is 1.11 bits per heavy atom. The average molecular weight is 415 g/mol. The maximum Gasteiger partial charge on any atom is 0.191 e. The molecule has 0 saturated carbocycles. The van der Waals surface area contributed by atoms with Crippen molar-refractivity contribution in [1.29, 1.82) is 0 Å². The summed E-state index contributed by atoms with van der Waals surface area (Å²) < 4.78 is 0. The number of aromatic amines is 1. The number of halogens is 1. The summed E-state index contributed by atoms with van der Waals surface area (Å²) in [6.07, 6.45) is 3.70. The Morgan fingerprint density at radius 3 is 2.71 bits per heavy atom. The van der Waals surface area contributed by atoms with Gasteiger partial charge in [0.1, 0.15) is 11.6 Å². The van der Waals surface area contributed by atoms with Crippen LogP contribution >= 0.6 is 23.4 Å². The van der Waals surface area contributed by atoms with E-state index >= 15 is 0 Å². The van der Waals surface area contributed by atoms with Crippen molar-refractivity contribution < 1.29 is 0 Å². The average Bonchev–Trinajstić information content (AvgIpc) is 3.11. The van der Waals surface area contributed by atoms with Gasteiger partial charge in [0.05, 0.1) is 0 Å². The lowest BCUT2D eigenvalue weighted by Crippen LogP contribution is -2.30. The number of nitrogens with one attached hydrogen (secondary N) is 2. The van der Waals surface area contributed by atoms with E-state index in [0.29, 0.717) is 0 Å². The number of hydrogen-bond acceptors (Lipinski definition) is 6. The van der Waals surface area contributed by atoms with Gasteiger partial charge in [-0.3, -0.25) is 5.10 Å². The molecule has 8 heteroatoms. The standard InChI is InChI=1S/C20H23ClN6S/c1-14-10-18(26-25-14)22-17-12-19(27-8-3-2-4-9-27)24-20(23-17)28-13-15-6-5-7-16(21)11-15/h5-7,10-12H,2-4,8-9,13H2,1H3,(H2,22,23,24,25,26). The first-order valence-corrected chi connectivity index (χ1v) is 10.8. The van der Waals surface area contributed by atoms with Crippen LogP contribution in [0.4, 0.5) is 17.5 Å². The van der Waals surface area contributed by atoms with Gasteiger partial charge in [0, 0.05) is 41.7 Å². The first-order chi connectivity index (χ1) is 13.7. The predicted octanol–water partition coefficient (Wildman–Crippen LogP) is 5.19. The molecule has 0 bridgehead atoms. The second kappa shape index (κ2) is 8.84. The molecule has 0 unspecified atom stereocenters. The van der Waals surface area contributed by atoms with Crippen LogP contribution in [0.1, 0.15) is 30.5 Å². The van der Waals surface area contributed by atoms with Crippen LogP contribution in [0.25, 0.3) is 0 Å². The number of thioether (sulfide) groups is 1. The van der Waals surface area contributed by atoms with Gasteiger partial charge < -0.3 is 10.2 Å². The zero-order valence-corrected chi connectivity index (χ0v) is 17.4. The van der Waals surface area contributed by atoms with Crippen molar-refractivity contribution in [3.63, 3.8) is 0 Å². The van der Waals surface area contributed by atoms with Gasteiger partial charge in [0.25, 0.3) is 0 Å². The van der Waals surface area contributed by atoms with E-state index < -0.39 is 0 Å². The third-order valence-corrected chi connectivity index (χ3v) is 5.74. The molecule has 6 nitrogen and oxygen atoms in total. The van der Waals surface area contributed by atoms with Crippen molar-refractivity contribution in [2.45, 2.75) is 37.1 Å². The van der Waals surface area contributed by atoms with Crippen LogP contribution in [0, 0.1) is 6.92 Å². The van der Waals surface area contributed by atoms with Crippen LogP contribution in [0.3, 0.4) is 0 Å². The number of aromatic nitrogens is 4. The molecule has 2 N–H and O–H groups in total. The molecular weight excluding hydrogens is 392 g/mol. The fraction of sp³-hybridized carbons (Fsp3) is 0.350. The van der Waals surface area contributed by atoms with Crippen LogP contribution < -0.4 is 10.2 Å². The van der Waals surface area contributed by atoms with Gasteiger partial charge >= 0.3 is 0 Å². The molecule has 4 rings (SSSR count). The number of piperidine rings is 1. The molecule has 1 aliphatic rings. The van der Waals surface area contributed by atoms with E-state index in [1.165, 1.54) is 19.3 Å². The number of hydrogen-bond donors (Lipinski definition) is 2. The SMILES string of the molecule is Cc1cc(Nc2cc(N3CCCCC3)nc(SCc3cccc(Cl)c3)n2)n[nH]1. The van der Waals surface area contributed by atoms with Crippen molar-refractivity contribution >= 4 is 40.8 Å². The van der Waals surface area contributed by atoms with Gasteiger partial charge in [-0.25, -0.2) is 9.97 Å². The Morgan fingerprint density at radius 2 is 1.96 bits per heavy atom. The highest BCUT2D eigenvalue weighted by Gasteiger charge is 2.15. The summed E-state index contributed by atoms with van der Waals surface area (Å²) in [7, 11) is 0. The van der Waals surface area contributed by atoms with Gasteiger partial charge in [-0.2, -0.15) is 5.10 Å². The monoisotopic (exact) mass is 414 g/mol. The van der Waals surface area contributed by atoms with Crippen LogP contribution in [0.2, 0.25) is 5.02 Å². The number of benzene rings is 1. The molecule has 0 spiro atoms. The highest BCUT2D eigenvalue weighted by Crippen LogP contribution is 2.28. The van der Waals surface area contributed by atoms with E-state index in [4.69, 9.17) is 21.6 Å². The van der Waals surface area contributed by atoms with E-state index in [1.807, 2.05) is 37.3 Å². The molecule has 1 aliphatic heterocycles. The van der Waals surface area contributed by atoms with Crippen molar-refractivity contribution in [3.8, 4) is 0 Å². The Balaban J connectivity index is 1.57. The number of anilines is 3. The normalized spacial score (nSPS) is 14.3. The lowest BCUT2D eigenvalue weighted by atomic mass is 10.1. The molecule has 0 amide bonds. The second-order valence-corrected chi connectivity index (χ2v) is 8.30. The molecule has 3 heterocycles. The smallest absolute Gasteiger partial charge is 0.191 e. The van der Waals surface area contributed by atoms with Gasteiger partial charge in [-0.1, -0.05) is 35.5 Å². The maximum absolute atomic E-state index is 6.10. The van der Waals surface area contributed by atoms with Gasteiger partial charge in [-0.05, 0) is 43.9 Å². The summed E-state index contributed by atoms with van der Waals surface area (Å²) in [5.41, 5.74) is 2.16. The number of nitrogens with zero attached hydrogens (tertiary/aromatic N) is 4. The van der Waals surface area contributed by atoms with E-state index in [0.717, 1.165) is 57.7 Å². The highest BCUT2D eigenvalue weighted by atomic mass is 35.5. The van der Waals surface area contributed by atoms with Crippen LogP contribution in [0.15, 0.2) is 41.6 Å². The first-order valence-electron chi connectivity index (χ1n) is 9.46. The maximum atomic E-state index is 6.10. The number of H-pyrrole nitrogens is 1. The summed E-state index contributed by atoms with van der Waals surface area (Å²) >= 11 is 7.72. The summed E-state index contributed by atoms with van der Waals surface area (Å²) in [6, 6.07) is 11.9. The molecule has 1 aromatic carbocycles. The van der Waals surface area contributed by atoms with Crippen molar-refractivity contribution in [1.82, 2.24) is 20.2 Å². The molecule has 1 saturated heterocycles. The van der Waals surface area contributed by atoms with E-state index in [1.54, 1.807) is 11.8 Å². The van der Waals surface area contributed by atoms with Gasteiger partial charge in [0.2, 0.25) is 0 Å². The minimum atomic E-state index is 0.748.